The van der Waals surface area contributed by atoms with Crippen LogP contribution < -0.4 is 0 Å². The van der Waals surface area contributed by atoms with Gasteiger partial charge in [0.25, 0.3) is 0 Å². The molecule has 0 heterocycles. The maximum absolute atomic E-state index is 13.5. The van der Waals surface area contributed by atoms with Crippen molar-refractivity contribution in [1.82, 2.24) is 5.06 Å². The van der Waals surface area contributed by atoms with E-state index in [9.17, 15) is 9.18 Å². The van der Waals surface area contributed by atoms with Gasteiger partial charge in [-0.25, -0.2) is 9.45 Å². The summed E-state index contributed by atoms with van der Waals surface area (Å²) in [7, 11) is 2.66. The third kappa shape index (κ3) is 2.90. The lowest BCUT2D eigenvalue weighted by atomic mass is 10.1. The molecule has 0 saturated carbocycles. The normalized spacial score (nSPS) is 11.4. The van der Waals surface area contributed by atoms with Gasteiger partial charge in [-0.3, -0.25) is 9.63 Å². The first-order valence-electron chi connectivity index (χ1n) is 4.81. The first kappa shape index (κ1) is 12.4. The molecule has 1 aromatic carbocycles. The Morgan fingerprint density at radius 2 is 2.06 bits per heavy atom. The minimum Gasteiger partial charge on any atom is -0.274 e. The van der Waals surface area contributed by atoms with Crippen LogP contribution in [0.3, 0.4) is 0 Å². The molecular weight excluding hydrogens is 209 g/mol. The van der Waals surface area contributed by atoms with E-state index in [1.165, 1.54) is 20.2 Å². The van der Waals surface area contributed by atoms with E-state index in [1.807, 2.05) is 19.1 Å². The van der Waals surface area contributed by atoms with Crippen molar-refractivity contribution in [3.05, 3.63) is 41.2 Å². The number of carbonyl (C=O) groups excluding carboxylic acids is 1. The van der Waals surface area contributed by atoms with Crippen molar-refractivity contribution in [2.24, 2.45) is 0 Å². The molecule has 3 nitrogen and oxygen atoms in total. The molecule has 0 aliphatic carbocycles. The summed E-state index contributed by atoms with van der Waals surface area (Å²) in [5.41, 5.74) is 1.59. The van der Waals surface area contributed by atoms with Gasteiger partial charge >= 0.3 is 5.91 Å². The fourth-order valence-corrected chi connectivity index (χ4v) is 1.18. The van der Waals surface area contributed by atoms with Crippen LogP contribution in [0.15, 0.2) is 30.1 Å². The van der Waals surface area contributed by atoms with Gasteiger partial charge in [0.05, 0.1) is 7.11 Å². The Labute approximate surface area is 94.1 Å². The zero-order valence-electron chi connectivity index (χ0n) is 9.53. The Morgan fingerprint density at radius 1 is 1.44 bits per heavy atom. The highest BCUT2D eigenvalue weighted by molar-refractivity contribution is 5.94. The molecule has 0 aliphatic rings. The van der Waals surface area contributed by atoms with E-state index in [-0.39, 0.29) is 0 Å². The van der Waals surface area contributed by atoms with Crippen LogP contribution in [0, 0.1) is 6.92 Å². The molecule has 0 atom stereocenters. The van der Waals surface area contributed by atoms with Crippen molar-refractivity contribution < 1.29 is 14.0 Å². The number of benzene rings is 1. The van der Waals surface area contributed by atoms with Gasteiger partial charge in [0, 0.05) is 7.05 Å². The predicted molar refractivity (Wildman–Crippen MR) is 60.0 cm³/mol. The molecule has 0 radical (unpaired) electrons. The minimum atomic E-state index is -0.848. The van der Waals surface area contributed by atoms with Gasteiger partial charge in [0.1, 0.15) is 0 Å². The van der Waals surface area contributed by atoms with Crippen LogP contribution in [0.25, 0.3) is 6.08 Å². The van der Waals surface area contributed by atoms with Crippen molar-refractivity contribution in [2.75, 3.05) is 14.2 Å². The molecule has 0 saturated heterocycles. The maximum atomic E-state index is 13.5. The van der Waals surface area contributed by atoms with E-state index in [0.717, 1.165) is 10.6 Å². The quantitative estimate of drug-likeness (QED) is 0.581. The molecule has 0 aromatic heterocycles. The number of hydrogen-bond donors (Lipinski definition) is 0. The van der Waals surface area contributed by atoms with Gasteiger partial charge in [-0.05, 0) is 24.1 Å². The number of carbonyl (C=O) groups is 1. The summed E-state index contributed by atoms with van der Waals surface area (Å²) in [5, 5.41) is 0.837. The van der Waals surface area contributed by atoms with E-state index >= 15 is 0 Å². The van der Waals surface area contributed by atoms with E-state index in [4.69, 9.17) is 0 Å². The number of halogens is 1. The number of aryl methyl sites for hydroxylation is 1. The van der Waals surface area contributed by atoms with Crippen LogP contribution in [-0.2, 0) is 9.63 Å². The van der Waals surface area contributed by atoms with Crippen molar-refractivity contribution in [3.8, 4) is 0 Å². The second-order valence-corrected chi connectivity index (χ2v) is 3.33. The van der Waals surface area contributed by atoms with Crippen LogP contribution in [0.5, 0.6) is 0 Å². The molecule has 0 N–H and O–H groups in total. The maximum Gasteiger partial charge on any atom is 0.305 e. The third-order valence-electron chi connectivity index (χ3n) is 2.23. The molecule has 1 aromatic rings. The summed E-state index contributed by atoms with van der Waals surface area (Å²) in [4.78, 5) is 16.0. The zero-order chi connectivity index (χ0) is 12.1. The highest BCUT2D eigenvalue weighted by Gasteiger charge is 2.14. The third-order valence-corrected chi connectivity index (χ3v) is 2.23. The monoisotopic (exact) mass is 223 g/mol. The molecule has 1 amide bonds. The molecule has 0 spiro atoms. The summed E-state index contributed by atoms with van der Waals surface area (Å²) in [6.45, 7) is 1.85. The Kier molecular flexibility index (Phi) is 4.19. The van der Waals surface area contributed by atoms with E-state index in [2.05, 4.69) is 4.84 Å². The van der Waals surface area contributed by atoms with Gasteiger partial charge < -0.3 is 0 Å². The SMILES string of the molecule is CON(C)C(=O)/C(F)=C/c1ccccc1C. The molecule has 1 rings (SSSR count). The Morgan fingerprint density at radius 3 is 2.62 bits per heavy atom. The molecule has 4 heteroatoms. The zero-order valence-corrected chi connectivity index (χ0v) is 9.53. The highest BCUT2D eigenvalue weighted by Crippen LogP contribution is 2.14. The lowest BCUT2D eigenvalue weighted by Crippen LogP contribution is -2.25. The van der Waals surface area contributed by atoms with Gasteiger partial charge in [0.2, 0.25) is 0 Å². The van der Waals surface area contributed by atoms with Crippen molar-refractivity contribution in [1.29, 1.82) is 0 Å². The minimum absolute atomic E-state index is 0.679. The van der Waals surface area contributed by atoms with Crippen LogP contribution in [-0.4, -0.2) is 25.1 Å². The van der Waals surface area contributed by atoms with Crippen LogP contribution in [0.4, 0.5) is 4.39 Å². The largest absolute Gasteiger partial charge is 0.305 e. The van der Waals surface area contributed by atoms with Crippen molar-refractivity contribution in [2.45, 2.75) is 6.92 Å². The number of amides is 1. The fourth-order valence-electron chi connectivity index (χ4n) is 1.18. The van der Waals surface area contributed by atoms with Gasteiger partial charge in [0.15, 0.2) is 5.83 Å². The average molecular weight is 223 g/mol. The molecule has 0 bridgehead atoms. The van der Waals surface area contributed by atoms with E-state index < -0.39 is 11.7 Å². The number of rotatable bonds is 3. The lowest BCUT2D eigenvalue weighted by Gasteiger charge is -2.11. The van der Waals surface area contributed by atoms with E-state index in [0.29, 0.717) is 5.56 Å². The van der Waals surface area contributed by atoms with E-state index in [1.54, 1.807) is 12.1 Å². The molecule has 0 fully saturated rings. The predicted octanol–water partition coefficient (Wildman–Crippen LogP) is 2.33. The van der Waals surface area contributed by atoms with Gasteiger partial charge in [-0.15, -0.1) is 0 Å². The Bertz CT molecular complexity index is 415. The van der Waals surface area contributed by atoms with Gasteiger partial charge in [-0.2, -0.15) is 0 Å². The number of hydrogen-bond acceptors (Lipinski definition) is 2. The highest BCUT2D eigenvalue weighted by atomic mass is 19.1. The Hall–Kier alpha value is -1.68. The molecule has 86 valence electrons. The lowest BCUT2D eigenvalue weighted by molar-refractivity contribution is -0.165. The molecule has 16 heavy (non-hydrogen) atoms. The summed E-state index contributed by atoms with van der Waals surface area (Å²) >= 11 is 0. The standard InChI is InChI=1S/C12H14FNO2/c1-9-6-4-5-7-10(9)8-11(13)12(15)14(2)16-3/h4-8H,1-3H3/b11-8-. The van der Waals surface area contributed by atoms with Crippen LogP contribution in [0.2, 0.25) is 0 Å². The number of likely N-dealkylation sites (N-methyl/N-ethyl adjacent to an activating group) is 1. The molecule has 0 aliphatic heterocycles. The topological polar surface area (TPSA) is 29.5 Å². The first-order valence-corrected chi connectivity index (χ1v) is 4.81. The first-order chi connectivity index (χ1) is 7.56. The summed E-state index contributed by atoms with van der Waals surface area (Å²) in [5.74, 6) is -1.65. The molecule has 0 unspecified atom stereocenters. The summed E-state index contributed by atoms with van der Waals surface area (Å²) in [6, 6.07) is 7.24. The molecular formula is C12H14FNO2. The smallest absolute Gasteiger partial charge is 0.274 e. The van der Waals surface area contributed by atoms with Crippen LogP contribution in [0.1, 0.15) is 11.1 Å². The summed E-state index contributed by atoms with van der Waals surface area (Å²) in [6.07, 6.45) is 1.20. The second-order valence-electron chi connectivity index (χ2n) is 3.33. The summed E-state index contributed by atoms with van der Waals surface area (Å²) < 4.78 is 13.5. The van der Waals surface area contributed by atoms with Crippen LogP contribution >= 0.6 is 0 Å². The average Bonchev–Trinajstić information content (AvgIpc) is 2.30. The van der Waals surface area contributed by atoms with Crippen molar-refractivity contribution >= 4 is 12.0 Å². The fraction of sp³-hybridized carbons (Fsp3) is 0.250. The number of nitrogens with zero attached hydrogens (tertiary/aromatic N) is 1. The van der Waals surface area contributed by atoms with Crippen molar-refractivity contribution in [3.63, 3.8) is 0 Å². The van der Waals surface area contributed by atoms with Gasteiger partial charge in [-0.1, -0.05) is 24.3 Å². The second kappa shape index (κ2) is 5.42. The Balaban J connectivity index is 2.93. The number of hydroxylamine groups is 2.